The van der Waals surface area contributed by atoms with Crippen molar-refractivity contribution in [2.75, 3.05) is 0 Å². The van der Waals surface area contributed by atoms with Gasteiger partial charge in [-0.1, -0.05) is 19.1 Å². The van der Waals surface area contributed by atoms with Crippen LogP contribution in [0.4, 0.5) is 13.2 Å². The summed E-state index contributed by atoms with van der Waals surface area (Å²) in [5.74, 6) is -0.0987. The van der Waals surface area contributed by atoms with E-state index in [1.807, 2.05) is 0 Å². The molecule has 0 aliphatic heterocycles. The van der Waals surface area contributed by atoms with Gasteiger partial charge in [-0.05, 0) is 12.8 Å². The van der Waals surface area contributed by atoms with Gasteiger partial charge < -0.3 is 5.73 Å². The van der Waals surface area contributed by atoms with Crippen molar-refractivity contribution in [2.45, 2.75) is 45.5 Å². The van der Waals surface area contributed by atoms with Gasteiger partial charge in [0, 0.05) is 6.54 Å². The van der Waals surface area contributed by atoms with Crippen LogP contribution < -0.4 is 5.73 Å². The van der Waals surface area contributed by atoms with Crippen molar-refractivity contribution in [2.24, 2.45) is 5.73 Å². The molecule has 1 unspecified atom stereocenters. The number of nitrogens with two attached hydrogens (primary N) is 1. The van der Waals surface area contributed by atoms with Crippen molar-refractivity contribution < 1.29 is 13.2 Å². The van der Waals surface area contributed by atoms with Crippen molar-refractivity contribution in [1.29, 1.82) is 0 Å². The molecule has 4 nitrogen and oxygen atoms in total. The topological polar surface area (TPSA) is 56.7 Å². The molecule has 0 aliphatic rings. The van der Waals surface area contributed by atoms with Gasteiger partial charge in [-0.2, -0.15) is 13.2 Å². The molecular weight excluding hydrogens is 221 g/mol. The highest BCUT2D eigenvalue weighted by Gasteiger charge is 2.40. The van der Waals surface area contributed by atoms with Crippen molar-refractivity contribution in [1.82, 2.24) is 15.0 Å². The number of nitrogens with zero attached hydrogens (tertiary/aromatic N) is 3. The second kappa shape index (κ2) is 4.40. The second-order valence-electron chi connectivity index (χ2n) is 3.94. The van der Waals surface area contributed by atoms with E-state index in [0.29, 0.717) is 11.4 Å². The quantitative estimate of drug-likeness (QED) is 0.873. The highest BCUT2D eigenvalue weighted by molar-refractivity contribution is 5.15. The molecule has 0 saturated carbocycles. The zero-order valence-electron chi connectivity index (χ0n) is 9.41. The van der Waals surface area contributed by atoms with E-state index in [2.05, 4.69) is 10.3 Å². The van der Waals surface area contributed by atoms with E-state index in [4.69, 9.17) is 5.73 Å². The number of rotatable bonds is 3. The van der Waals surface area contributed by atoms with E-state index in [1.165, 1.54) is 0 Å². The van der Waals surface area contributed by atoms with E-state index < -0.39 is 12.2 Å². The summed E-state index contributed by atoms with van der Waals surface area (Å²) in [6.07, 6.45) is -4.33. The number of halogens is 3. The molecular formula is C9H15F3N4. The molecule has 0 amide bonds. The third-order valence-corrected chi connectivity index (χ3v) is 2.39. The predicted molar refractivity (Wildman–Crippen MR) is 52.8 cm³/mol. The van der Waals surface area contributed by atoms with Crippen molar-refractivity contribution in [3.8, 4) is 0 Å². The van der Waals surface area contributed by atoms with Crippen molar-refractivity contribution in [3.05, 3.63) is 11.4 Å². The monoisotopic (exact) mass is 236 g/mol. The maximum absolute atomic E-state index is 12.6. The van der Waals surface area contributed by atoms with Gasteiger partial charge in [0.05, 0.1) is 11.4 Å². The first-order valence-electron chi connectivity index (χ1n) is 4.99. The first-order chi connectivity index (χ1) is 7.29. The lowest BCUT2D eigenvalue weighted by Gasteiger charge is -2.19. The van der Waals surface area contributed by atoms with Crippen LogP contribution in [0, 0.1) is 0 Å². The standard InChI is InChI=1S/C9H15F3N4/c1-5(2)8-7(4-13)14-15-16(8)6(3)9(10,11)12/h5-6H,4,13H2,1-3H3. The lowest BCUT2D eigenvalue weighted by molar-refractivity contribution is -0.166. The molecule has 1 heterocycles. The zero-order valence-corrected chi connectivity index (χ0v) is 9.41. The molecule has 7 heteroatoms. The summed E-state index contributed by atoms with van der Waals surface area (Å²) in [7, 11) is 0. The van der Waals surface area contributed by atoms with Gasteiger partial charge in [0.25, 0.3) is 0 Å². The van der Waals surface area contributed by atoms with Crippen LogP contribution >= 0.6 is 0 Å². The van der Waals surface area contributed by atoms with Crippen LogP contribution in [0.25, 0.3) is 0 Å². The maximum Gasteiger partial charge on any atom is 0.410 e. The molecule has 1 aromatic rings. The molecule has 0 fully saturated rings. The van der Waals surface area contributed by atoms with Gasteiger partial charge in [0.1, 0.15) is 6.04 Å². The largest absolute Gasteiger partial charge is 0.410 e. The van der Waals surface area contributed by atoms with E-state index in [9.17, 15) is 13.2 Å². The number of alkyl halides is 3. The van der Waals surface area contributed by atoms with Gasteiger partial charge in [0.15, 0.2) is 0 Å². The molecule has 0 aliphatic carbocycles. The van der Waals surface area contributed by atoms with Gasteiger partial charge >= 0.3 is 6.18 Å². The molecule has 16 heavy (non-hydrogen) atoms. The maximum atomic E-state index is 12.6. The Morgan fingerprint density at radius 1 is 1.31 bits per heavy atom. The summed E-state index contributed by atoms with van der Waals surface area (Å²) >= 11 is 0. The number of hydrogen-bond donors (Lipinski definition) is 1. The minimum Gasteiger partial charge on any atom is -0.325 e. The smallest absolute Gasteiger partial charge is 0.325 e. The average Bonchev–Trinajstić information content (AvgIpc) is 2.57. The van der Waals surface area contributed by atoms with Crippen molar-refractivity contribution in [3.63, 3.8) is 0 Å². The van der Waals surface area contributed by atoms with Crippen LogP contribution in [0.15, 0.2) is 0 Å². The lowest BCUT2D eigenvalue weighted by atomic mass is 10.1. The van der Waals surface area contributed by atoms with Crippen molar-refractivity contribution >= 4 is 0 Å². The fraction of sp³-hybridized carbons (Fsp3) is 0.778. The first-order valence-corrected chi connectivity index (χ1v) is 4.99. The predicted octanol–water partition coefficient (Wildman–Crippen LogP) is 1.98. The van der Waals surface area contributed by atoms with E-state index in [0.717, 1.165) is 11.6 Å². The Morgan fingerprint density at radius 2 is 1.88 bits per heavy atom. The van der Waals surface area contributed by atoms with Crippen LogP contribution in [0.5, 0.6) is 0 Å². The summed E-state index contributed by atoms with van der Waals surface area (Å²) in [4.78, 5) is 0. The summed E-state index contributed by atoms with van der Waals surface area (Å²) in [6, 6.07) is -1.68. The Labute approximate surface area is 91.6 Å². The summed E-state index contributed by atoms with van der Waals surface area (Å²) in [5, 5.41) is 7.22. The third-order valence-electron chi connectivity index (χ3n) is 2.39. The van der Waals surface area contributed by atoms with Crippen LogP contribution in [0.2, 0.25) is 0 Å². The highest BCUT2D eigenvalue weighted by Crippen LogP contribution is 2.32. The number of hydrogen-bond acceptors (Lipinski definition) is 3. The van der Waals surface area contributed by atoms with E-state index in [1.54, 1.807) is 13.8 Å². The number of aromatic nitrogens is 3. The molecule has 0 radical (unpaired) electrons. The minimum atomic E-state index is -4.33. The summed E-state index contributed by atoms with van der Waals surface area (Å²) in [6.45, 7) is 4.73. The van der Waals surface area contributed by atoms with Crippen LogP contribution in [0.3, 0.4) is 0 Å². The Balaban J connectivity index is 3.19. The molecule has 1 atom stereocenters. The SMILES string of the molecule is CC(C)c1c(CN)nnn1C(C)C(F)(F)F. The Bertz CT molecular complexity index is 356. The lowest BCUT2D eigenvalue weighted by Crippen LogP contribution is -2.26. The molecule has 2 N–H and O–H groups in total. The van der Waals surface area contributed by atoms with Crippen LogP contribution in [-0.2, 0) is 6.54 Å². The van der Waals surface area contributed by atoms with Gasteiger partial charge in [-0.15, -0.1) is 5.10 Å². The Kier molecular flexibility index (Phi) is 3.57. The van der Waals surface area contributed by atoms with E-state index in [-0.39, 0.29) is 12.5 Å². The molecule has 0 bridgehead atoms. The molecule has 0 saturated heterocycles. The molecule has 1 aromatic heterocycles. The fourth-order valence-corrected chi connectivity index (χ4v) is 1.50. The van der Waals surface area contributed by atoms with Gasteiger partial charge in [-0.3, -0.25) is 0 Å². The average molecular weight is 236 g/mol. The van der Waals surface area contributed by atoms with Gasteiger partial charge in [-0.25, -0.2) is 4.68 Å². The minimum absolute atomic E-state index is 0.0953. The normalized spacial score (nSPS) is 14.5. The molecule has 92 valence electrons. The van der Waals surface area contributed by atoms with Crippen LogP contribution in [-0.4, -0.2) is 21.2 Å². The van der Waals surface area contributed by atoms with E-state index >= 15 is 0 Å². The Morgan fingerprint density at radius 3 is 2.25 bits per heavy atom. The zero-order chi connectivity index (χ0) is 12.5. The molecule has 0 spiro atoms. The Hall–Kier alpha value is -1.11. The summed E-state index contributed by atoms with van der Waals surface area (Å²) in [5.41, 5.74) is 6.29. The van der Waals surface area contributed by atoms with Crippen LogP contribution in [0.1, 0.15) is 44.1 Å². The highest BCUT2D eigenvalue weighted by atomic mass is 19.4. The summed E-state index contributed by atoms with van der Waals surface area (Å²) < 4.78 is 38.6. The fourth-order valence-electron chi connectivity index (χ4n) is 1.50. The second-order valence-corrected chi connectivity index (χ2v) is 3.94. The first kappa shape index (κ1) is 13.0. The molecule has 0 aromatic carbocycles. The molecule has 1 rings (SSSR count). The van der Waals surface area contributed by atoms with Gasteiger partial charge in [0.2, 0.25) is 0 Å². The third kappa shape index (κ3) is 2.34.